The van der Waals surface area contributed by atoms with Crippen LogP contribution in [-0.2, 0) is 4.79 Å². The van der Waals surface area contributed by atoms with E-state index in [9.17, 15) is 4.79 Å². The molecule has 1 rings (SSSR count). The minimum Gasteiger partial charge on any atom is -0.478 e. The van der Waals surface area contributed by atoms with E-state index in [1.54, 1.807) is 0 Å². The first-order chi connectivity index (χ1) is 6.49. The van der Waals surface area contributed by atoms with Crippen LogP contribution in [0, 0.1) is 5.92 Å². The third kappa shape index (κ3) is 3.14. The summed E-state index contributed by atoms with van der Waals surface area (Å²) in [5.74, 6) is -0.106. The lowest BCUT2D eigenvalue weighted by molar-refractivity contribution is -0.131. The lowest BCUT2D eigenvalue weighted by atomic mass is 10.1. The summed E-state index contributed by atoms with van der Waals surface area (Å²) in [5.41, 5.74) is 0.929. The van der Waals surface area contributed by atoms with E-state index in [4.69, 9.17) is 5.11 Å². The van der Waals surface area contributed by atoms with E-state index in [1.165, 1.54) is 12.5 Å². The van der Waals surface area contributed by atoms with E-state index in [2.05, 4.69) is 18.7 Å². The van der Waals surface area contributed by atoms with Crippen molar-refractivity contribution < 1.29 is 9.90 Å². The number of hydrogen-bond donors (Lipinski definition) is 1. The van der Waals surface area contributed by atoms with Crippen LogP contribution in [0.25, 0.3) is 0 Å². The van der Waals surface area contributed by atoms with Crippen LogP contribution in [0.5, 0.6) is 0 Å². The summed E-state index contributed by atoms with van der Waals surface area (Å²) in [6.45, 7) is 8.21. The van der Waals surface area contributed by atoms with Gasteiger partial charge in [-0.05, 0) is 26.2 Å². The van der Waals surface area contributed by atoms with E-state index in [-0.39, 0.29) is 0 Å². The summed E-state index contributed by atoms with van der Waals surface area (Å²) in [6, 6.07) is 0.585. The molecule has 0 amide bonds. The zero-order valence-corrected chi connectivity index (χ0v) is 9.16. The van der Waals surface area contributed by atoms with E-state index in [0.29, 0.717) is 6.04 Å². The van der Waals surface area contributed by atoms with Crippen LogP contribution in [0.1, 0.15) is 27.2 Å². The van der Waals surface area contributed by atoms with Crippen molar-refractivity contribution in [3.8, 4) is 0 Å². The first kappa shape index (κ1) is 11.2. The molecule has 2 unspecified atom stereocenters. The van der Waals surface area contributed by atoms with Crippen LogP contribution in [0.2, 0.25) is 0 Å². The summed E-state index contributed by atoms with van der Waals surface area (Å²) in [7, 11) is 0. The van der Waals surface area contributed by atoms with Crippen molar-refractivity contribution in [3.63, 3.8) is 0 Å². The fourth-order valence-corrected chi connectivity index (χ4v) is 2.18. The highest BCUT2D eigenvalue weighted by molar-refractivity contribution is 5.80. The molecule has 0 saturated carbocycles. The maximum Gasteiger partial charge on any atom is 0.328 e. The van der Waals surface area contributed by atoms with Gasteiger partial charge in [0.05, 0.1) is 0 Å². The molecule has 1 heterocycles. The molecule has 0 aromatic heterocycles. The van der Waals surface area contributed by atoms with Crippen molar-refractivity contribution in [1.82, 2.24) is 4.90 Å². The Morgan fingerprint density at radius 1 is 1.57 bits per heavy atom. The van der Waals surface area contributed by atoms with Gasteiger partial charge in [-0.1, -0.05) is 12.5 Å². The first-order valence-corrected chi connectivity index (χ1v) is 5.13. The van der Waals surface area contributed by atoms with Gasteiger partial charge in [0.2, 0.25) is 0 Å². The Labute approximate surface area is 85.4 Å². The van der Waals surface area contributed by atoms with Crippen LogP contribution < -0.4 is 0 Å². The third-order valence-electron chi connectivity index (χ3n) is 2.74. The second-order valence-electron chi connectivity index (χ2n) is 4.45. The molecule has 1 aliphatic heterocycles. The quantitative estimate of drug-likeness (QED) is 0.701. The second kappa shape index (κ2) is 4.60. The standard InChI is InChI=1S/C11H19NO2/c1-8-4-10(3)12(6-8)7-9(2)5-11(13)14/h5,8,10H,4,6-7H2,1-3H3,(H,13,14)/b9-5+. The van der Waals surface area contributed by atoms with E-state index < -0.39 is 5.97 Å². The normalized spacial score (nSPS) is 29.5. The van der Waals surface area contributed by atoms with Gasteiger partial charge in [-0.3, -0.25) is 4.90 Å². The topological polar surface area (TPSA) is 40.5 Å². The number of rotatable bonds is 3. The molecule has 1 saturated heterocycles. The molecule has 2 atom stereocenters. The summed E-state index contributed by atoms with van der Waals surface area (Å²) < 4.78 is 0. The third-order valence-corrected chi connectivity index (χ3v) is 2.74. The second-order valence-corrected chi connectivity index (χ2v) is 4.45. The molecule has 1 aliphatic rings. The van der Waals surface area contributed by atoms with Gasteiger partial charge in [-0.25, -0.2) is 4.79 Å². The van der Waals surface area contributed by atoms with Gasteiger partial charge in [-0.15, -0.1) is 0 Å². The predicted molar refractivity (Wildman–Crippen MR) is 56.2 cm³/mol. The molecule has 0 aliphatic carbocycles. The molecule has 14 heavy (non-hydrogen) atoms. The average Bonchev–Trinajstić information content (AvgIpc) is 2.28. The maximum atomic E-state index is 10.4. The monoisotopic (exact) mass is 197 g/mol. The Hall–Kier alpha value is -0.830. The van der Waals surface area contributed by atoms with E-state index in [1.807, 2.05) is 6.92 Å². The minimum absolute atomic E-state index is 0.585. The Morgan fingerprint density at radius 2 is 2.21 bits per heavy atom. The highest BCUT2D eigenvalue weighted by Gasteiger charge is 2.25. The summed E-state index contributed by atoms with van der Waals surface area (Å²) in [6.07, 6.45) is 2.52. The number of likely N-dealkylation sites (tertiary alicyclic amines) is 1. The lowest BCUT2D eigenvalue weighted by Crippen LogP contribution is -2.29. The largest absolute Gasteiger partial charge is 0.478 e. The van der Waals surface area contributed by atoms with Crippen LogP contribution in [0.3, 0.4) is 0 Å². The molecule has 80 valence electrons. The van der Waals surface area contributed by atoms with Crippen molar-refractivity contribution >= 4 is 5.97 Å². The average molecular weight is 197 g/mol. The van der Waals surface area contributed by atoms with Gasteiger partial charge in [0, 0.05) is 25.2 Å². The molecule has 1 N–H and O–H groups in total. The maximum absolute atomic E-state index is 10.4. The number of nitrogens with zero attached hydrogens (tertiary/aromatic N) is 1. The van der Waals surface area contributed by atoms with Crippen LogP contribution in [0.15, 0.2) is 11.6 Å². The fraction of sp³-hybridized carbons (Fsp3) is 0.727. The summed E-state index contributed by atoms with van der Waals surface area (Å²) in [5, 5.41) is 8.58. The van der Waals surface area contributed by atoms with Crippen molar-refractivity contribution in [2.75, 3.05) is 13.1 Å². The molecule has 3 heteroatoms. The van der Waals surface area contributed by atoms with E-state index >= 15 is 0 Å². The van der Waals surface area contributed by atoms with Crippen LogP contribution in [-0.4, -0.2) is 35.1 Å². The smallest absolute Gasteiger partial charge is 0.328 e. The van der Waals surface area contributed by atoms with Crippen LogP contribution in [0.4, 0.5) is 0 Å². The minimum atomic E-state index is -0.845. The Balaban J connectivity index is 2.48. The van der Waals surface area contributed by atoms with Crippen LogP contribution >= 0.6 is 0 Å². The SMILES string of the molecule is C/C(=C\C(=O)O)CN1CC(C)CC1C. The highest BCUT2D eigenvalue weighted by Crippen LogP contribution is 2.22. The van der Waals surface area contributed by atoms with Crippen molar-refractivity contribution in [1.29, 1.82) is 0 Å². The fourth-order valence-electron chi connectivity index (χ4n) is 2.18. The molecule has 0 bridgehead atoms. The van der Waals surface area contributed by atoms with Gasteiger partial charge >= 0.3 is 5.97 Å². The van der Waals surface area contributed by atoms with Gasteiger partial charge in [0.15, 0.2) is 0 Å². The van der Waals surface area contributed by atoms with Gasteiger partial charge in [0.1, 0.15) is 0 Å². The van der Waals surface area contributed by atoms with Crippen molar-refractivity contribution in [3.05, 3.63) is 11.6 Å². The van der Waals surface area contributed by atoms with Crippen molar-refractivity contribution in [2.45, 2.75) is 33.2 Å². The Morgan fingerprint density at radius 3 is 2.64 bits per heavy atom. The Kier molecular flexibility index (Phi) is 3.69. The molecule has 3 nitrogen and oxygen atoms in total. The predicted octanol–water partition coefficient (Wildman–Crippen LogP) is 1.75. The molecule has 1 fully saturated rings. The molecule has 0 spiro atoms. The van der Waals surface area contributed by atoms with E-state index in [0.717, 1.165) is 24.6 Å². The number of carbonyl (C=O) groups is 1. The van der Waals surface area contributed by atoms with Crippen molar-refractivity contribution in [2.24, 2.45) is 5.92 Å². The number of carboxylic acid groups (broad SMARTS) is 1. The lowest BCUT2D eigenvalue weighted by Gasteiger charge is -2.20. The molecule has 0 aromatic carbocycles. The van der Waals surface area contributed by atoms with Gasteiger partial charge in [0.25, 0.3) is 0 Å². The summed E-state index contributed by atoms with van der Waals surface area (Å²) in [4.78, 5) is 12.8. The highest BCUT2D eigenvalue weighted by atomic mass is 16.4. The molecular weight excluding hydrogens is 178 g/mol. The molecular formula is C11H19NO2. The molecule has 0 aromatic rings. The molecule has 0 radical (unpaired) electrons. The zero-order chi connectivity index (χ0) is 10.7. The number of carboxylic acids is 1. The zero-order valence-electron chi connectivity index (χ0n) is 9.16. The first-order valence-electron chi connectivity index (χ1n) is 5.13. The van der Waals surface area contributed by atoms with Gasteiger partial charge < -0.3 is 5.11 Å². The Bertz CT molecular complexity index is 248. The van der Waals surface area contributed by atoms with Gasteiger partial charge in [-0.2, -0.15) is 0 Å². The number of hydrogen-bond acceptors (Lipinski definition) is 2. The summed E-state index contributed by atoms with van der Waals surface area (Å²) >= 11 is 0. The number of aliphatic carboxylic acids is 1.